The van der Waals surface area contributed by atoms with E-state index in [1.54, 1.807) is 24.3 Å². The molecule has 0 unspecified atom stereocenters. The second-order valence-electron chi connectivity index (χ2n) is 7.22. The molecule has 2 N–H and O–H groups in total. The van der Waals surface area contributed by atoms with Gasteiger partial charge in [-0.2, -0.15) is 0 Å². The molecule has 2 aromatic heterocycles. The Bertz CT molecular complexity index is 1340. The van der Waals surface area contributed by atoms with E-state index in [0.717, 1.165) is 22.4 Å². The number of hydrogen-bond acceptors (Lipinski definition) is 7. The summed E-state index contributed by atoms with van der Waals surface area (Å²) in [6.45, 7) is 2.04. The normalized spacial score (nSPS) is 11.3. The summed E-state index contributed by atoms with van der Waals surface area (Å²) in [5.41, 5.74) is 4.94. The van der Waals surface area contributed by atoms with Gasteiger partial charge < -0.3 is 5.32 Å². The van der Waals surface area contributed by atoms with Crippen LogP contribution in [0, 0.1) is 6.92 Å². The highest BCUT2D eigenvalue weighted by Crippen LogP contribution is 2.27. The Hall–Kier alpha value is -3.08. The van der Waals surface area contributed by atoms with E-state index in [-0.39, 0.29) is 12.3 Å². The fourth-order valence-electron chi connectivity index (χ4n) is 2.93. The molecule has 2 heterocycles. The lowest BCUT2D eigenvalue weighted by atomic mass is 10.1. The Morgan fingerprint density at radius 2 is 1.62 bits per heavy atom. The van der Waals surface area contributed by atoms with Crippen molar-refractivity contribution in [2.45, 2.75) is 13.3 Å². The first-order valence-corrected chi connectivity index (χ1v) is 13.3. The van der Waals surface area contributed by atoms with E-state index >= 15 is 0 Å². The zero-order valence-corrected chi connectivity index (χ0v) is 19.8. The Morgan fingerprint density at radius 1 is 0.938 bits per heavy atom. The van der Waals surface area contributed by atoms with E-state index in [0.29, 0.717) is 22.2 Å². The van der Waals surface area contributed by atoms with Crippen molar-refractivity contribution in [2.24, 2.45) is 0 Å². The molecule has 0 aliphatic heterocycles. The Kier molecular flexibility index (Phi) is 6.35. The van der Waals surface area contributed by atoms with Gasteiger partial charge in [0.25, 0.3) is 0 Å². The molecule has 0 fully saturated rings. The molecular formula is C22H20N4O3S3. The molecule has 164 valence electrons. The highest BCUT2D eigenvalue weighted by Gasteiger charge is 2.12. The molecule has 1 amide bonds. The smallest absolute Gasteiger partial charge is 0.232 e. The molecule has 0 saturated carbocycles. The number of thiazole rings is 2. The Labute approximate surface area is 194 Å². The number of anilines is 2. The van der Waals surface area contributed by atoms with Gasteiger partial charge in [-0.15, -0.1) is 22.7 Å². The Morgan fingerprint density at radius 3 is 2.31 bits per heavy atom. The van der Waals surface area contributed by atoms with E-state index < -0.39 is 10.0 Å². The molecule has 0 aliphatic carbocycles. The number of aromatic nitrogens is 2. The van der Waals surface area contributed by atoms with E-state index in [9.17, 15) is 13.2 Å². The van der Waals surface area contributed by atoms with Crippen molar-refractivity contribution in [3.05, 3.63) is 70.5 Å². The molecule has 0 saturated heterocycles. The van der Waals surface area contributed by atoms with Crippen molar-refractivity contribution < 1.29 is 13.2 Å². The van der Waals surface area contributed by atoms with Crippen LogP contribution in [-0.2, 0) is 21.2 Å². The van der Waals surface area contributed by atoms with Gasteiger partial charge in [-0.25, -0.2) is 18.4 Å². The maximum atomic E-state index is 12.5. The molecule has 32 heavy (non-hydrogen) atoms. The lowest BCUT2D eigenvalue weighted by Gasteiger charge is -2.04. The summed E-state index contributed by atoms with van der Waals surface area (Å²) in [5.74, 6) is -0.181. The number of aryl methyl sites for hydroxylation is 1. The summed E-state index contributed by atoms with van der Waals surface area (Å²) in [7, 11) is -3.32. The standard InChI is InChI=1S/C22H20N4O3S3/c1-14-3-5-16(6-4-14)21-23-18(12-30-21)11-20(27)25-22-24-19(13-31-22)15-7-9-17(10-8-15)26-32(2,28)29/h3-10,12-13,26H,11H2,1-2H3,(H,24,25,27). The SMILES string of the molecule is Cc1ccc(-c2nc(CC(=O)Nc3nc(-c4ccc(NS(C)(=O)=O)cc4)cs3)cs2)cc1. The van der Waals surface area contributed by atoms with Crippen LogP contribution in [0.1, 0.15) is 11.3 Å². The van der Waals surface area contributed by atoms with Gasteiger partial charge in [0.05, 0.1) is 24.1 Å². The van der Waals surface area contributed by atoms with Gasteiger partial charge in [-0.1, -0.05) is 42.0 Å². The lowest BCUT2D eigenvalue weighted by Crippen LogP contribution is -2.14. The highest BCUT2D eigenvalue weighted by atomic mass is 32.2. The maximum absolute atomic E-state index is 12.5. The van der Waals surface area contributed by atoms with E-state index in [2.05, 4.69) is 20.0 Å². The van der Waals surface area contributed by atoms with Gasteiger partial charge in [0.15, 0.2) is 5.13 Å². The summed E-state index contributed by atoms with van der Waals surface area (Å²) in [4.78, 5) is 21.5. The third kappa shape index (κ3) is 5.78. The number of carbonyl (C=O) groups is 1. The van der Waals surface area contributed by atoms with Crippen LogP contribution in [0.3, 0.4) is 0 Å². The van der Waals surface area contributed by atoms with Gasteiger partial charge in [0, 0.05) is 27.6 Å². The summed E-state index contributed by atoms with van der Waals surface area (Å²) in [6.07, 6.45) is 1.27. The van der Waals surface area contributed by atoms with Gasteiger partial charge >= 0.3 is 0 Å². The predicted molar refractivity (Wildman–Crippen MR) is 131 cm³/mol. The van der Waals surface area contributed by atoms with Crippen molar-refractivity contribution >= 4 is 49.4 Å². The molecule has 2 aromatic carbocycles. The maximum Gasteiger partial charge on any atom is 0.232 e. The van der Waals surface area contributed by atoms with Crippen LogP contribution in [0.25, 0.3) is 21.8 Å². The molecule has 0 spiro atoms. The molecule has 7 nitrogen and oxygen atoms in total. The number of nitrogens with one attached hydrogen (secondary N) is 2. The van der Waals surface area contributed by atoms with Gasteiger partial charge in [0.2, 0.25) is 15.9 Å². The van der Waals surface area contributed by atoms with Crippen molar-refractivity contribution in [2.75, 3.05) is 16.3 Å². The molecule has 4 rings (SSSR count). The zero-order chi connectivity index (χ0) is 22.7. The van der Waals surface area contributed by atoms with Crippen molar-refractivity contribution in [3.63, 3.8) is 0 Å². The van der Waals surface area contributed by atoms with Crippen LogP contribution in [0.5, 0.6) is 0 Å². The van der Waals surface area contributed by atoms with Crippen LogP contribution in [0.15, 0.2) is 59.3 Å². The average molecular weight is 485 g/mol. The third-order valence-corrected chi connectivity index (χ3v) is 6.73. The molecule has 10 heteroatoms. The fourth-order valence-corrected chi connectivity index (χ4v) is 5.06. The van der Waals surface area contributed by atoms with Gasteiger partial charge in [0.1, 0.15) is 5.01 Å². The summed E-state index contributed by atoms with van der Waals surface area (Å²) in [6, 6.07) is 15.0. The van der Waals surface area contributed by atoms with Gasteiger partial charge in [-0.05, 0) is 19.1 Å². The van der Waals surface area contributed by atoms with Crippen LogP contribution < -0.4 is 10.0 Å². The number of rotatable bonds is 7. The topological polar surface area (TPSA) is 101 Å². The lowest BCUT2D eigenvalue weighted by molar-refractivity contribution is -0.115. The van der Waals surface area contributed by atoms with Crippen molar-refractivity contribution in [1.82, 2.24) is 9.97 Å². The van der Waals surface area contributed by atoms with Crippen LogP contribution in [0.4, 0.5) is 10.8 Å². The second-order valence-corrected chi connectivity index (χ2v) is 10.7. The second kappa shape index (κ2) is 9.19. The molecule has 0 bridgehead atoms. The minimum absolute atomic E-state index is 0.170. The minimum atomic E-state index is -3.32. The van der Waals surface area contributed by atoms with Crippen LogP contribution in [-0.4, -0.2) is 30.5 Å². The first-order chi connectivity index (χ1) is 15.2. The van der Waals surface area contributed by atoms with Gasteiger partial charge in [-0.3, -0.25) is 9.52 Å². The monoisotopic (exact) mass is 484 g/mol. The number of hydrogen-bond donors (Lipinski definition) is 2. The first-order valence-electron chi connectivity index (χ1n) is 9.60. The fraction of sp³-hybridized carbons (Fsp3) is 0.136. The molecule has 0 atom stereocenters. The number of carbonyl (C=O) groups excluding carboxylic acids is 1. The summed E-state index contributed by atoms with van der Waals surface area (Å²) >= 11 is 2.84. The summed E-state index contributed by atoms with van der Waals surface area (Å²) in [5, 5.41) is 7.94. The number of sulfonamides is 1. The number of nitrogens with zero attached hydrogens (tertiary/aromatic N) is 2. The molecular weight excluding hydrogens is 464 g/mol. The number of benzene rings is 2. The quantitative estimate of drug-likeness (QED) is 0.393. The molecule has 4 aromatic rings. The van der Waals surface area contributed by atoms with Crippen LogP contribution in [0.2, 0.25) is 0 Å². The van der Waals surface area contributed by atoms with E-state index in [1.807, 2.05) is 41.9 Å². The largest absolute Gasteiger partial charge is 0.302 e. The van der Waals surface area contributed by atoms with Crippen LogP contribution >= 0.6 is 22.7 Å². The van der Waals surface area contributed by atoms with E-state index in [4.69, 9.17) is 0 Å². The molecule has 0 radical (unpaired) electrons. The summed E-state index contributed by atoms with van der Waals surface area (Å²) < 4.78 is 25.0. The molecule has 0 aliphatic rings. The van der Waals surface area contributed by atoms with Crippen molar-refractivity contribution in [3.8, 4) is 21.8 Å². The number of amides is 1. The van der Waals surface area contributed by atoms with E-state index in [1.165, 1.54) is 28.2 Å². The zero-order valence-electron chi connectivity index (χ0n) is 17.3. The predicted octanol–water partition coefficient (Wildman–Crippen LogP) is 4.79. The Balaban J connectivity index is 1.37. The highest BCUT2D eigenvalue weighted by molar-refractivity contribution is 7.92. The van der Waals surface area contributed by atoms with Crippen molar-refractivity contribution in [1.29, 1.82) is 0 Å². The first kappa shape index (κ1) is 22.1. The average Bonchev–Trinajstić information content (AvgIpc) is 3.38. The minimum Gasteiger partial charge on any atom is -0.302 e. The third-order valence-electron chi connectivity index (χ3n) is 4.43.